The van der Waals surface area contributed by atoms with Gasteiger partial charge in [0, 0.05) is 30.4 Å². The van der Waals surface area contributed by atoms with Crippen LogP contribution in [0.25, 0.3) is 0 Å². The topological polar surface area (TPSA) is 55.9 Å². The van der Waals surface area contributed by atoms with Crippen LogP contribution in [0, 0.1) is 5.92 Å². The molecule has 1 aliphatic heterocycles. The van der Waals surface area contributed by atoms with Gasteiger partial charge in [-0.25, -0.2) is 0 Å². The molecule has 3 N–H and O–H groups in total. The molecule has 17 heavy (non-hydrogen) atoms. The van der Waals surface area contributed by atoms with E-state index in [0.717, 1.165) is 13.0 Å². The molecular formula is C13H24N4. The van der Waals surface area contributed by atoms with Gasteiger partial charge in [0.1, 0.15) is 0 Å². The van der Waals surface area contributed by atoms with Crippen LogP contribution >= 0.6 is 0 Å². The van der Waals surface area contributed by atoms with Gasteiger partial charge in [-0.3, -0.25) is 4.68 Å². The lowest BCUT2D eigenvalue weighted by molar-refractivity contribution is 0.285. The number of nitrogens with one attached hydrogen (secondary N) is 1. The van der Waals surface area contributed by atoms with Crippen LogP contribution in [0.15, 0.2) is 12.4 Å². The number of nitrogens with two attached hydrogens (primary N) is 1. The average Bonchev–Trinajstić information content (AvgIpc) is 2.70. The summed E-state index contributed by atoms with van der Waals surface area (Å²) in [5, 5.41) is 7.95. The number of aromatic nitrogens is 2. The first kappa shape index (κ1) is 12.6. The van der Waals surface area contributed by atoms with E-state index in [4.69, 9.17) is 5.73 Å². The normalized spacial score (nSPS) is 30.5. The third-order valence-corrected chi connectivity index (χ3v) is 3.63. The summed E-state index contributed by atoms with van der Waals surface area (Å²) >= 11 is 0. The number of hydrogen-bond acceptors (Lipinski definition) is 3. The van der Waals surface area contributed by atoms with Crippen LogP contribution in [0.3, 0.4) is 0 Å². The molecule has 0 spiro atoms. The van der Waals surface area contributed by atoms with Gasteiger partial charge in [0.05, 0.1) is 11.7 Å². The van der Waals surface area contributed by atoms with Gasteiger partial charge in [-0.2, -0.15) is 5.10 Å². The zero-order valence-corrected chi connectivity index (χ0v) is 11.3. The van der Waals surface area contributed by atoms with Gasteiger partial charge in [0.25, 0.3) is 0 Å². The van der Waals surface area contributed by atoms with Crippen molar-refractivity contribution in [3.63, 3.8) is 0 Å². The van der Waals surface area contributed by atoms with Crippen LogP contribution in [0.2, 0.25) is 0 Å². The maximum absolute atomic E-state index is 6.01. The smallest absolute Gasteiger partial charge is 0.0543 e. The Balaban J connectivity index is 2.11. The standard InChI is InChI=1S/C13H24N4/c1-9-5-12(15-7-11(9)14)10-6-16-17(8-10)13(2,3)4/h6,8-9,11-12,15H,5,7,14H2,1-4H3. The Morgan fingerprint density at radius 2 is 2.18 bits per heavy atom. The molecule has 0 bridgehead atoms. The molecular weight excluding hydrogens is 212 g/mol. The molecule has 3 atom stereocenters. The molecule has 1 fully saturated rings. The van der Waals surface area contributed by atoms with Crippen molar-refractivity contribution in [2.24, 2.45) is 11.7 Å². The summed E-state index contributed by atoms with van der Waals surface area (Å²) in [4.78, 5) is 0. The molecule has 1 aromatic rings. The summed E-state index contributed by atoms with van der Waals surface area (Å²) in [5.74, 6) is 0.569. The largest absolute Gasteiger partial charge is 0.326 e. The van der Waals surface area contributed by atoms with Crippen molar-refractivity contribution in [3.8, 4) is 0 Å². The highest BCUT2D eigenvalue weighted by Gasteiger charge is 2.27. The molecule has 0 radical (unpaired) electrons. The predicted molar refractivity (Wildman–Crippen MR) is 69.7 cm³/mol. The number of nitrogens with zero attached hydrogens (tertiary/aromatic N) is 2. The lowest BCUT2D eigenvalue weighted by Gasteiger charge is -2.32. The highest BCUT2D eigenvalue weighted by atomic mass is 15.3. The molecule has 3 unspecified atom stereocenters. The van der Waals surface area contributed by atoms with E-state index in [1.165, 1.54) is 5.56 Å². The van der Waals surface area contributed by atoms with Crippen molar-refractivity contribution in [1.82, 2.24) is 15.1 Å². The predicted octanol–water partition coefficient (Wildman–Crippen LogP) is 1.64. The fourth-order valence-electron chi connectivity index (χ4n) is 2.25. The molecule has 4 heteroatoms. The third kappa shape index (κ3) is 2.69. The number of rotatable bonds is 1. The SMILES string of the molecule is CC1CC(c2cnn(C(C)(C)C)c2)NCC1N. The second-order valence-electron chi connectivity index (χ2n) is 6.23. The van der Waals surface area contributed by atoms with Crippen LogP contribution in [0.5, 0.6) is 0 Å². The minimum atomic E-state index is 0.0505. The Bertz CT molecular complexity index is 377. The van der Waals surface area contributed by atoms with Crippen LogP contribution in [-0.2, 0) is 5.54 Å². The van der Waals surface area contributed by atoms with Crippen molar-refractivity contribution in [3.05, 3.63) is 18.0 Å². The minimum absolute atomic E-state index is 0.0505. The third-order valence-electron chi connectivity index (χ3n) is 3.63. The summed E-state index contributed by atoms with van der Waals surface area (Å²) in [5.41, 5.74) is 7.34. The molecule has 0 aliphatic carbocycles. The lowest BCUT2D eigenvalue weighted by Crippen LogP contribution is -2.46. The van der Waals surface area contributed by atoms with Gasteiger partial charge in [0.15, 0.2) is 0 Å². The van der Waals surface area contributed by atoms with Gasteiger partial charge in [-0.1, -0.05) is 6.92 Å². The van der Waals surface area contributed by atoms with E-state index in [1.54, 1.807) is 0 Å². The second kappa shape index (κ2) is 4.42. The zero-order valence-electron chi connectivity index (χ0n) is 11.3. The number of hydrogen-bond donors (Lipinski definition) is 2. The van der Waals surface area contributed by atoms with E-state index in [9.17, 15) is 0 Å². The van der Waals surface area contributed by atoms with Crippen molar-refractivity contribution in [1.29, 1.82) is 0 Å². The van der Waals surface area contributed by atoms with E-state index in [-0.39, 0.29) is 11.6 Å². The molecule has 0 aromatic carbocycles. The molecule has 96 valence electrons. The molecule has 4 nitrogen and oxygen atoms in total. The maximum Gasteiger partial charge on any atom is 0.0543 e. The summed E-state index contributed by atoms with van der Waals surface area (Å²) in [7, 11) is 0. The lowest BCUT2D eigenvalue weighted by atomic mass is 9.88. The number of piperidine rings is 1. The molecule has 1 aliphatic rings. The molecule has 2 rings (SSSR count). The van der Waals surface area contributed by atoms with E-state index < -0.39 is 0 Å². The zero-order chi connectivity index (χ0) is 12.6. The Hall–Kier alpha value is -0.870. The Morgan fingerprint density at radius 1 is 1.47 bits per heavy atom. The summed E-state index contributed by atoms with van der Waals surface area (Å²) in [6.07, 6.45) is 5.23. The van der Waals surface area contributed by atoms with Crippen molar-refractivity contribution >= 4 is 0 Å². The van der Waals surface area contributed by atoms with Gasteiger partial charge < -0.3 is 11.1 Å². The minimum Gasteiger partial charge on any atom is -0.326 e. The van der Waals surface area contributed by atoms with Crippen LogP contribution in [0.4, 0.5) is 0 Å². The highest BCUT2D eigenvalue weighted by Crippen LogP contribution is 2.27. The van der Waals surface area contributed by atoms with Crippen molar-refractivity contribution < 1.29 is 0 Å². The molecule has 0 amide bonds. The molecule has 1 saturated heterocycles. The fraction of sp³-hybridized carbons (Fsp3) is 0.769. The van der Waals surface area contributed by atoms with Crippen LogP contribution in [-0.4, -0.2) is 22.4 Å². The van der Waals surface area contributed by atoms with Crippen molar-refractivity contribution in [2.45, 2.75) is 51.7 Å². The van der Waals surface area contributed by atoms with E-state index in [1.807, 2.05) is 10.9 Å². The Morgan fingerprint density at radius 3 is 2.71 bits per heavy atom. The summed E-state index contributed by atoms with van der Waals surface area (Å²) in [6.45, 7) is 9.61. The monoisotopic (exact) mass is 236 g/mol. The molecule has 1 aromatic heterocycles. The Kier molecular flexibility index (Phi) is 3.27. The van der Waals surface area contributed by atoms with Gasteiger partial charge in [0.2, 0.25) is 0 Å². The highest BCUT2D eigenvalue weighted by molar-refractivity contribution is 5.13. The van der Waals surface area contributed by atoms with Gasteiger partial charge >= 0.3 is 0 Å². The fourth-order valence-corrected chi connectivity index (χ4v) is 2.25. The van der Waals surface area contributed by atoms with E-state index >= 15 is 0 Å². The maximum atomic E-state index is 6.01. The quantitative estimate of drug-likeness (QED) is 0.779. The first-order valence-corrected chi connectivity index (χ1v) is 6.42. The average molecular weight is 236 g/mol. The van der Waals surface area contributed by atoms with Crippen LogP contribution < -0.4 is 11.1 Å². The van der Waals surface area contributed by atoms with E-state index in [2.05, 4.69) is 44.3 Å². The van der Waals surface area contributed by atoms with Crippen LogP contribution in [0.1, 0.15) is 45.7 Å². The molecule has 0 saturated carbocycles. The second-order valence-corrected chi connectivity index (χ2v) is 6.23. The van der Waals surface area contributed by atoms with Gasteiger partial charge in [-0.15, -0.1) is 0 Å². The first-order valence-electron chi connectivity index (χ1n) is 6.42. The van der Waals surface area contributed by atoms with E-state index in [0.29, 0.717) is 12.0 Å². The summed E-state index contributed by atoms with van der Waals surface area (Å²) in [6, 6.07) is 0.685. The first-order chi connectivity index (χ1) is 7.88. The van der Waals surface area contributed by atoms with Crippen molar-refractivity contribution in [2.75, 3.05) is 6.54 Å². The Labute approximate surface area is 104 Å². The molecule has 2 heterocycles. The van der Waals surface area contributed by atoms with Gasteiger partial charge in [-0.05, 0) is 33.1 Å². The summed E-state index contributed by atoms with van der Waals surface area (Å²) < 4.78 is 2.03.